The summed E-state index contributed by atoms with van der Waals surface area (Å²) in [6, 6.07) is 0. The van der Waals surface area contributed by atoms with Gasteiger partial charge in [0.15, 0.2) is 0 Å². The van der Waals surface area contributed by atoms with E-state index in [1.165, 1.54) is 19.3 Å². The first-order valence-corrected chi connectivity index (χ1v) is 4.65. The van der Waals surface area contributed by atoms with E-state index in [9.17, 15) is 4.79 Å². The van der Waals surface area contributed by atoms with Crippen LogP contribution in [-0.4, -0.2) is 24.8 Å². The molecule has 0 unspecified atom stereocenters. The molecule has 0 rings (SSSR count). The van der Waals surface area contributed by atoms with Crippen LogP contribution in [-0.2, 0) is 9.53 Å². The van der Waals surface area contributed by atoms with Gasteiger partial charge in [-0.3, -0.25) is 0 Å². The Labute approximate surface area is 84.8 Å². The Bertz CT molecular complexity index is 233. The molecule has 1 N–H and O–H groups in total. The normalized spacial score (nSPS) is 9.57. The molecule has 0 aromatic heterocycles. The number of carbonyl (C=O) groups excluding carboxylic acids is 1. The number of hydrogen-bond acceptors (Lipinski definition) is 3. The highest BCUT2D eigenvalue weighted by atomic mass is 16.5. The fraction of sp³-hybridized carbons (Fsp3) is 0.545. The maximum atomic E-state index is 10.6. The van der Waals surface area contributed by atoms with E-state index in [0.29, 0.717) is 0 Å². The number of unbranched alkanes of at least 4 members (excludes halogenated alkanes) is 3. The number of esters is 1. The van der Waals surface area contributed by atoms with Crippen molar-refractivity contribution < 1.29 is 14.6 Å². The minimum atomic E-state index is -0.389. The molecule has 0 spiro atoms. The van der Waals surface area contributed by atoms with E-state index in [4.69, 9.17) is 5.11 Å². The van der Waals surface area contributed by atoms with Gasteiger partial charge in [-0.05, 0) is 18.9 Å². The zero-order valence-electron chi connectivity index (χ0n) is 8.45. The molecule has 3 nitrogen and oxygen atoms in total. The van der Waals surface area contributed by atoms with Crippen LogP contribution in [0, 0.1) is 11.8 Å². The predicted molar refractivity (Wildman–Crippen MR) is 54.5 cm³/mol. The van der Waals surface area contributed by atoms with Crippen molar-refractivity contribution in [3.8, 4) is 11.8 Å². The van der Waals surface area contributed by atoms with Crippen LogP contribution in [0.1, 0.15) is 25.7 Å². The second-order valence-electron chi connectivity index (χ2n) is 2.71. The van der Waals surface area contributed by atoms with Crippen LogP contribution in [0.5, 0.6) is 0 Å². The molecule has 0 heterocycles. The standard InChI is InChI=1S/C11H16O3/c1-14-11(13)9-7-5-3-2-4-6-8-10-12/h7,9,12H,2,4,6,8,10H2,1H3/b9-7+. The number of aliphatic hydroxyl groups excluding tert-OH is 1. The van der Waals surface area contributed by atoms with Crippen LogP contribution < -0.4 is 0 Å². The lowest BCUT2D eigenvalue weighted by atomic mass is 10.2. The summed E-state index contributed by atoms with van der Waals surface area (Å²) in [4.78, 5) is 10.6. The summed E-state index contributed by atoms with van der Waals surface area (Å²) in [5.74, 6) is 5.24. The maximum Gasteiger partial charge on any atom is 0.331 e. The van der Waals surface area contributed by atoms with E-state index in [1.54, 1.807) is 0 Å². The summed E-state index contributed by atoms with van der Waals surface area (Å²) >= 11 is 0. The Kier molecular flexibility index (Phi) is 8.92. The van der Waals surface area contributed by atoms with E-state index in [-0.39, 0.29) is 12.6 Å². The molecule has 0 aromatic rings. The summed E-state index contributed by atoms with van der Waals surface area (Å²) < 4.78 is 4.39. The molecule has 0 atom stereocenters. The van der Waals surface area contributed by atoms with Crippen molar-refractivity contribution in [1.29, 1.82) is 0 Å². The van der Waals surface area contributed by atoms with Crippen LogP contribution in [0.3, 0.4) is 0 Å². The Hall–Kier alpha value is -1.27. The van der Waals surface area contributed by atoms with Crippen molar-refractivity contribution >= 4 is 5.97 Å². The lowest BCUT2D eigenvalue weighted by Gasteiger charge is -1.90. The molecule has 0 aromatic carbocycles. The van der Waals surface area contributed by atoms with Gasteiger partial charge in [-0.25, -0.2) is 4.79 Å². The molecule has 0 aliphatic heterocycles. The molecule has 0 aliphatic rings. The molecule has 3 heteroatoms. The van der Waals surface area contributed by atoms with E-state index in [1.807, 2.05) is 0 Å². The summed E-state index contributed by atoms with van der Waals surface area (Å²) in [5.41, 5.74) is 0. The quantitative estimate of drug-likeness (QED) is 0.312. The third kappa shape index (κ3) is 8.82. The fourth-order valence-electron chi connectivity index (χ4n) is 0.811. The van der Waals surface area contributed by atoms with Crippen molar-refractivity contribution in [3.63, 3.8) is 0 Å². The zero-order valence-corrected chi connectivity index (χ0v) is 8.45. The molecule has 0 aliphatic carbocycles. The summed E-state index contributed by atoms with van der Waals surface area (Å²) in [5, 5.41) is 8.50. The van der Waals surface area contributed by atoms with Gasteiger partial charge in [0.25, 0.3) is 0 Å². The predicted octanol–water partition coefficient (Wildman–Crippen LogP) is 1.27. The first-order chi connectivity index (χ1) is 6.81. The molecule has 0 saturated carbocycles. The Morgan fingerprint density at radius 3 is 2.86 bits per heavy atom. The minimum absolute atomic E-state index is 0.246. The van der Waals surface area contributed by atoms with Crippen LogP contribution in [0.15, 0.2) is 12.2 Å². The van der Waals surface area contributed by atoms with Gasteiger partial charge in [0, 0.05) is 19.1 Å². The average Bonchev–Trinajstić information content (AvgIpc) is 2.21. The Morgan fingerprint density at radius 2 is 2.21 bits per heavy atom. The molecular formula is C11H16O3. The number of aliphatic hydroxyl groups is 1. The fourth-order valence-corrected chi connectivity index (χ4v) is 0.811. The molecule has 0 bridgehead atoms. The number of ether oxygens (including phenoxy) is 1. The van der Waals surface area contributed by atoms with E-state index < -0.39 is 0 Å². The van der Waals surface area contributed by atoms with Gasteiger partial charge in [-0.2, -0.15) is 0 Å². The van der Waals surface area contributed by atoms with Crippen LogP contribution in [0.25, 0.3) is 0 Å². The van der Waals surface area contributed by atoms with Gasteiger partial charge < -0.3 is 9.84 Å². The summed E-state index contributed by atoms with van der Waals surface area (Å²) in [6.07, 6.45) is 6.38. The monoisotopic (exact) mass is 196 g/mol. The number of allylic oxidation sites excluding steroid dienone is 1. The molecule has 0 radical (unpaired) electrons. The number of methoxy groups -OCH3 is 1. The second-order valence-corrected chi connectivity index (χ2v) is 2.71. The van der Waals surface area contributed by atoms with Gasteiger partial charge in [-0.1, -0.05) is 18.3 Å². The number of hydrogen-bond donors (Lipinski definition) is 1. The van der Waals surface area contributed by atoms with Crippen LogP contribution >= 0.6 is 0 Å². The molecule has 14 heavy (non-hydrogen) atoms. The van der Waals surface area contributed by atoms with Gasteiger partial charge in [-0.15, -0.1) is 0 Å². The third-order valence-corrected chi connectivity index (χ3v) is 1.57. The Morgan fingerprint density at radius 1 is 1.43 bits per heavy atom. The average molecular weight is 196 g/mol. The highest BCUT2D eigenvalue weighted by Crippen LogP contribution is 1.96. The van der Waals surface area contributed by atoms with Crippen molar-refractivity contribution in [2.75, 3.05) is 13.7 Å². The lowest BCUT2D eigenvalue weighted by Crippen LogP contribution is -1.92. The van der Waals surface area contributed by atoms with Crippen molar-refractivity contribution in [3.05, 3.63) is 12.2 Å². The van der Waals surface area contributed by atoms with E-state index in [2.05, 4.69) is 16.6 Å². The van der Waals surface area contributed by atoms with Gasteiger partial charge >= 0.3 is 5.97 Å². The largest absolute Gasteiger partial charge is 0.466 e. The smallest absolute Gasteiger partial charge is 0.331 e. The molecular weight excluding hydrogens is 180 g/mol. The lowest BCUT2D eigenvalue weighted by molar-refractivity contribution is -0.134. The molecule has 0 fully saturated rings. The summed E-state index contributed by atoms with van der Waals surface area (Å²) in [7, 11) is 1.33. The first-order valence-electron chi connectivity index (χ1n) is 4.65. The maximum absolute atomic E-state index is 10.6. The van der Waals surface area contributed by atoms with Gasteiger partial charge in [0.1, 0.15) is 0 Å². The number of carbonyl (C=O) groups is 1. The Balaban J connectivity index is 3.43. The highest BCUT2D eigenvalue weighted by Gasteiger charge is 1.86. The SMILES string of the molecule is COC(=O)/C=C/C#CCCCCCO. The van der Waals surface area contributed by atoms with Crippen molar-refractivity contribution in [2.45, 2.75) is 25.7 Å². The third-order valence-electron chi connectivity index (χ3n) is 1.57. The van der Waals surface area contributed by atoms with Crippen LogP contribution in [0.2, 0.25) is 0 Å². The first kappa shape index (κ1) is 12.7. The molecule has 78 valence electrons. The van der Waals surface area contributed by atoms with E-state index >= 15 is 0 Å². The molecule has 0 amide bonds. The van der Waals surface area contributed by atoms with Crippen molar-refractivity contribution in [2.24, 2.45) is 0 Å². The summed E-state index contributed by atoms with van der Waals surface area (Å²) in [6.45, 7) is 0.246. The van der Waals surface area contributed by atoms with E-state index in [0.717, 1.165) is 25.7 Å². The highest BCUT2D eigenvalue weighted by molar-refractivity contribution is 5.82. The van der Waals surface area contributed by atoms with Crippen molar-refractivity contribution in [1.82, 2.24) is 0 Å². The molecule has 0 saturated heterocycles. The minimum Gasteiger partial charge on any atom is -0.466 e. The van der Waals surface area contributed by atoms with Crippen LogP contribution in [0.4, 0.5) is 0 Å². The van der Waals surface area contributed by atoms with Gasteiger partial charge in [0.05, 0.1) is 7.11 Å². The van der Waals surface area contributed by atoms with Gasteiger partial charge in [0.2, 0.25) is 0 Å². The topological polar surface area (TPSA) is 46.5 Å². The number of rotatable bonds is 5. The second kappa shape index (κ2) is 9.82. The zero-order chi connectivity index (χ0) is 10.6.